The lowest BCUT2D eigenvalue weighted by molar-refractivity contribution is -0.137. The Hall–Kier alpha value is -5.24. The van der Waals surface area contributed by atoms with Crippen LogP contribution >= 0.6 is 0 Å². The Morgan fingerprint density at radius 3 is 2.27 bits per heavy atom. The maximum Gasteiger partial charge on any atom is 0.420 e. The normalized spacial score (nSPS) is 15.6. The Kier molecular flexibility index (Phi) is 11.7. The molecule has 2 aliphatic rings. The van der Waals surface area contributed by atoms with Crippen molar-refractivity contribution in [1.82, 2.24) is 9.47 Å². The molecule has 0 radical (unpaired) electrons. The fourth-order valence-electron chi connectivity index (χ4n) is 6.52. The Bertz CT molecular complexity index is 2040. The van der Waals surface area contributed by atoms with Crippen LogP contribution in [-0.2, 0) is 32.3 Å². The molecule has 2 amide bonds. The van der Waals surface area contributed by atoms with Crippen LogP contribution in [-0.4, -0.2) is 54.4 Å². The number of carbonyl (C=O) groups is 2. The number of azo groups is 1. The van der Waals surface area contributed by atoms with Gasteiger partial charge in [0.2, 0.25) is 17.7 Å². The number of carbonyl (C=O) groups excluding carboxylic acids is 2. The quantitative estimate of drug-likeness (QED) is 0.196. The number of nitriles is 1. The number of nitrogens with zero attached hydrogens (tertiary/aromatic N) is 6. The first-order valence-corrected chi connectivity index (χ1v) is 18.3. The van der Waals surface area contributed by atoms with Crippen molar-refractivity contribution in [2.45, 2.75) is 75.9 Å². The van der Waals surface area contributed by atoms with E-state index in [4.69, 9.17) is 0 Å². The van der Waals surface area contributed by atoms with Gasteiger partial charge in [-0.15, -0.1) is 5.11 Å². The number of alkyl halides is 3. The lowest BCUT2D eigenvalue weighted by Gasteiger charge is -2.31. The van der Waals surface area contributed by atoms with Crippen LogP contribution in [0.4, 0.5) is 35.9 Å². The number of anilines is 2. The molecule has 0 spiro atoms. The van der Waals surface area contributed by atoms with E-state index in [0.29, 0.717) is 35.3 Å². The van der Waals surface area contributed by atoms with Crippen LogP contribution in [0.3, 0.4) is 0 Å². The van der Waals surface area contributed by atoms with Crippen molar-refractivity contribution in [3.8, 4) is 11.9 Å². The van der Waals surface area contributed by atoms with Gasteiger partial charge in [-0.2, -0.15) is 23.5 Å². The van der Waals surface area contributed by atoms with Crippen LogP contribution in [0.2, 0.25) is 0 Å². The number of nitrogens with one attached hydrogen (secondary N) is 1. The largest absolute Gasteiger partial charge is 0.493 e. The molecule has 0 atom stereocenters. The number of benzene rings is 2. The number of pyridine rings is 1. The Labute approximate surface area is 298 Å². The summed E-state index contributed by atoms with van der Waals surface area (Å²) in [7, 11) is -4.16. The van der Waals surface area contributed by atoms with Gasteiger partial charge in [-0.3, -0.25) is 23.3 Å². The molecule has 1 saturated heterocycles. The second-order valence-corrected chi connectivity index (χ2v) is 14.7. The highest BCUT2D eigenvalue weighted by atomic mass is 32.2. The average Bonchev–Trinajstić information content (AvgIpc) is 3.52. The van der Waals surface area contributed by atoms with Crippen LogP contribution in [0.1, 0.15) is 69.4 Å². The van der Waals surface area contributed by atoms with Crippen molar-refractivity contribution in [3.63, 3.8) is 0 Å². The fourth-order valence-corrected chi connectivity index (χ4v) is 8.06. The number of aromatic hydroxyl groups is 1. The molecule has 2 aromatic carbocycles. The molecule has 2 N–H and O–H groups in total. The van der Waals surface area contributed by atoms with E-state index in [0.717, 1.165) is 32.1 Å². The first kappa shape index (κ1) is 38.0. The molecule has 52 heavy (non-hydrogen) atoms. The highest BCUT2D eigenvalue weighted by Gasteiger charge is 2.41. The Balaban J connectivity index is 1.45. The van der Waals surface area contributed by atoms with Crippen molar-refractivity contribution in [3.05, 3.63) is 70.0 Å². The topological polar surface area (TPSA) is 178 Å². The number of sulfonamides is 1. The van der Waals surface area contributed by atoms with Gasteiger partial charge in [0.05, 0.1) is 16.3 Å². The summed E-state index contributed by atoms with van der Waals surface area (Å²) in [5, 5.41) is 30.2. The molecule has 13 nitrogen and oxygen atoms in total. The number of hydrogen-bond donors (Lipinski definition) is 2. The van der Waals surface area contributed by atoms with Crippen molar-refractivity contribution < 1.29 is 36.3 Å². The zero-order valence-electron chi connectivity index (χ0n) is 28.4. The standard InChI is InChI=1S/C35H38F3N7O6S/c1-23(46)40-25-10-14-27(15-11-25)45(22-24-7-3-2-4-8-24)52(50,51)28-16-12-26(13-17-28)41-42-32-31(35(36,37)38)29(21-39)33(48)44(34(32)49)20-6-19-43-18-5-9-30(43)47/h10-17,24,48H,2-9,18-20,22H2,1H3,(H,40,46). The molecule has 1 saturated carbocycles. The van der Waals surface area contributed by atoms with Crippen LogP contribution < -0.4 is 15.2 Å². The molecule has 5 rings (SSSR count). The number of hydrogen-bond acceptors (Lipinski definition) is 9. The summed E-state index contributed by atoms with van der Waals surface area (Å²) < 4.78 is 72.6. The van der Waals surface area contributed by atoms with Gasteiger partial charge in [0.25, 0.3) is 15.6 Å². The van der Waals surface area contributed by atoms with Crippen LogP contribution in [0, 0.1) is 17.2 Å². The van der Waals surface area contributed by atoms with Gasteiger partial charge in [-0.05, 0) is 80.1 Å². The molecule has 0 unspecified atom stereocenters. The fraction of sp³-hybridized carbons (Fsp3) is 0.429. The molecule has 276 valence electrons. The number of rotatable bonds is 12. The zero-order valence-corrected chi connectivity index (χ0v) is 29.2. The predicted octanol–water partition coefficient (Wildman–Crippen LogP) is 6.61. The molecule has 2 fully saturated rings. The second-order valence-electron chi connectivity index (χ2n) is 12.8. The van der Waals surface area contributed by atoms with Crippen LogP contribution in [0.15, 0.2) is 68.4 Å². The number of halogens is 3. The zero-order chi connectivity index (χ0) is 37.6. The molecule has 3 aromatic rings. The third-order valence-electron chi connectivity index (χ3n) is 9.10. The van der Waals surface area contributed by atoms with E-state index in [1.54, 1.807) is 29.2 Å². The van der Waals surface area contributed by atoms with E-state index in [2.05, 4.69) is 15.5 Å². The summed E-state index contributed by atoms with van der Waals surface area (Å²) in [5.74, 6) is -1.43. The first-order valence-electron chi connectivity index (χ1n) is 16.9. The summed E-state index contributed by atoms with van der Waals surface area (Å²) >= 11 is 0. The minimum absolute atomic E-state index is 0.0874. The van der Waals surface area contributed by atoms with Gasteiger partial charge in [-0.25, -0.2) is 8.42 Å². The molecule has 1 aliphatic carbocycles. The Morgan fingerprint density at radius 1 is 1.02 bits per heavy atom. The van der Waals surface area contributed by atoms with Crippen molar-refractivity contribution in [2.24, 2.45) is 16.1 Å². The summed E-state index contributed by atoms with van der Waals surface area (Å²) in [4.78, 5) is 38.2. The van der Waals surface area contributed by atoms with E-state index in [1.165, 1.54) is 41.6 Å². The van der Waals surface area contributed by atoms with Gasteiger partial charge >= 0.3 is 6.18 Å². The second kappa shape index (κ2) is 16.0. The summed E-state index contributed by atoms with van der Waals surface area (Å²) in [6, 6.07) is 12.6. The third-order valence-corrected chi connectivity index (χ3v) is 10.9. The maximum absolute atomic E-state index is 14.2. The highest BCUT2D eigenvalue weighted by molar-refractivity contribution is 7.92. The molecule has 0 bridgehead atoms. The maximum atomic E-state index is 14.2. The van der Waals surface area contributed by atoms with Crippen molar-refractivity contribution in [2.75, 3.05) is 29.3 Å². The van der Waals surface area contributed by atoms with Crippen molar-refractivity contribution >= 4 is 44.6 Å². The van der Waals surface area contributed by atoms with Gasteiger partial charge in [0.1, 0.15) is 17.2 Å². The monoisotopic (exact) mass is 741 g/mol. The van der Waals surface area contributed by atoms with Gasteiger partial charge in [0, 0.05) is 45.2 Å². The van der Waals surface area contributed by atoms with Crippen molar-refractivity contribution in [1.29, 1.82) is 5.26 Å². The van der Waals surface area contributed by atoms with Gasteiger partial charge in [-0.1, -0.05) is 19.3 Å². The number of amides is 2. The average molecular weight is 742 g/mol. The lowest BCUT2D eigenvalue weighted by atomic mass is 9.89. The van der Waals surface area contributed by atoms with E-state index in [1.807, 2.05) is 0 Å². The van der Waals surface area contributed by atoms with E-state index < -0.39 is 44.5 Å². The smallest absolute Gasteiger partial charge is 0.420 e. The minimum atomic E-state index is -5.27. The SMILES string of the molecule is CC(=O)Nc1ccc(N(CC2CCCCC2)S(=O)(=O)c2ccc(N=Nc3c(C(F)(F)F)c(C#N)c(O)n(CCCN4CCCC4=O)c3=O)cc2)cc1. The number of likely N-dealkylation sites (tertiary alicyclic amines) is 1. The first-order chi connectivity index (χ1) is 24.7. The Morgan fingerprint density at radius 2 is 1.69 bits per heavy atom. The third kappa shape index (κ3) is 8.61. The minimum Gasteiger partial charge on any atom is -0.493 e. The van der Waals surface area contributed by atoms with E-state index >= 15 is 0 Å². The summed E-state index contributed by atoms with van der Waals surface area (Å²) in [5.41, 5.74) is -4.74. The highest BCUT2D eigenvalue weighted by Crippen LogP contribution is 2.40. The number of aromatic nitrogens is 1. The summed E-state index contributed by atoms with van der Waals surface area (Å²) in [6.07, 6.45) is 0.639. The van der Waals surface area contributed by atoms with E-state index in [-0.39, 0.29) is 54.4 Å². The molecule has 1 aliphatic heterocycles. The van der Waals surface area contributed by atoms with Crippen LogP contribution in [0.25, 0.3) is 0 Å². The van der Waals surface area contributed by atoms with Gasteiger partial charge in [0.15, 0.2) is 5.69 Å². The molecule has 1 aromatic heterocycles. The summed E-state index contributed by atoms with van der Waals surface area (Å²) in [6.45, 7) is 1.97. The van der Waals surface area contributed by atoms with Crippen LogP contribution in [0.5, 0.6) is 5.88 Å². The molecular formula is C35H38F3N7O6S. The lowest BCUT2D eigenvalue weighted by Crippen LogP contribution is -2.36. The predicted molar refractivity (Wildman–Crippen MR) is 185 cm³/mol. The molecule has 2 heterocycles. The molecule has 17 heteroatoms. The molecular weight excluding hydrogens is 703 g/mol. The van der Waals surface area contributed by atoms with Gasteiger partial charge < -0.3 is 15.3 Å². The van der Waals surface area contributed by atoms with E-state index in [9.17, 15) is 46.3 Å².